The Hall–Kier alpha value is -0.740. The lowest BCUT2D eigenvalue weighted by Gasteiger charge is -2.10. The molecule has 0 aromatic heterocycles. The van der Waals surface area contributed by atoms with Gasteiger partial charge in [0.15, 0.2) is 11.5 Å². The Morgan fingerprint density at radius 1 is 1.23 bits per heavy atom. The van der Waals surface area contributed by atoms with Gasteiger partial charge in [-0.2, -0.15) is 0 Å². The summed E-state index contributed by atoms with van der Waals surface area (Å²) in [4.78, 5) is 0. The molecule has 0 spiro atoms. The summed E-state index contributed by atoms with van der Waals surface area (Å²) in [6, 6.07) is 3.02. The highest BCUT2D eigenvalue weighted by Crippen LogP contribution is 2.48. The van der Waals surface area contributed by atoms with E-state index in [2.05, 4.69) is 15.9 Å². The van der Waals surface area contributed by atoms with Gasteiger partial charge in [-0.1, -0.05) is 0 Å². The Bertz CT molecular complexity index is 335. The molecule has 70 valence electrons. The van der Waals surface area contributed by atoms with Crippen molar-refractivity contribution in [3.63, 3.8) is 0 Å². The van der Waals surface area contributed by atoms with E-state index in [1.54, 1.807) is 6.07 Å². The highest BCUT2D eigenvalue weighted by Gasteiger charge is 2.42. The van der Waals surface area contributed by atoms with E-state index in [1.165, 1.54) is 6.07 Å². The first kappa shape index (κ1) is 8.84. The fraction of sp³-hybridized carbons (Fsp3) is 0.333. The van der Waals surface area contributed by atoms with Crippen LogP contribution in [0.1, 0.15) is 18.4 Å². The second-order valence-corrected chi connectivity index (χ2v) is 4.21. The Labute approximate surface area is 83.8 Å². The average molecular weight is 245 g/mol. The van der Waals surface area contributed by atoms with E-state index in [-0.39, 0.29) is 11.5 Å². The molecular formula is C9H9BrO3. The van der Waals surface area contributed by atoms with Gasteiger partial charge in [0.1, 0.15) is 0 Å². The maximum Gasteiger partial charge on any atom is 0.171 e. The van der Waals surface area contributed by atoms with Gasteiger partial charge in [-0.15, -0.1) is 0 Å². The minimum atomic E-state index is -0.784. The molecule has 1 fully saturated rings. The predicted molar refractivity (Wildman–Crippen MR) is 50.6 cm³/mol. The Kier molecular flexibility index (Phi) is 1.78. The van der Waals surface area contributed by atoms with Crippen molar-refractivity contribution in [1.29, 1.82) is 0 Å². The van der Waals surface area contributed by atoms with E-state index in [0.29, 0.717) is 22.9 Å². The first-order valence-corrected chi connectivity index (χ1v) is 4.76. The number of hydrogen-bond acceptors (Lipinski definition) is 3. The molecule has 1 aromatic rings. The van der Waals surface area contributed by atoms with Gasteiger partial charge in [-0.25, -0.2) is 0 Å². The molecule has 0 heterocycles. The molecule has 1 aromatic carbocycles. The van der Waals surface area contributed by atoms with Gasteiger partial charge in [-0.05, 0) is 46.5 Å². The molecule has 3 N–H and O–H groups in total. The molecule has 0 saturated heterocycles. The SMILES string of the molecule is Oc1cc(C2(O)CC2)cc(Br)c1O. The van der Waals surface area contributed by atoms with Crippen LogP contribution in [0.4, 0.5) is 0 Å². The van der Waals surface area contributed by atoms with Gasteiger partial charge in [0.2, 0.25) is 0 Å². The first-order chi connectivity index (χ1) is 6.03. The normalized spacial score (nSPS) is 18.6. The highest BCUT2D eigenvalue weighted by atomic mass is 79.9. The van der Waals surface area contributed by atoms with Crippen molar-refractivity contribution in [2.45, 2.75) is 18.4 Å². The molecule has 0 amide bonds. The largest absolute Gasteiger partial charge is 0.504 e. The fourth-order valence-electron chi connectivity index (χ4n) is 1.26. The van der Waals surface area contributed by atoms with E-state index < -0.39 is 5.60 Å². The van der Waals surface area contributed by atoms with Gasteiger partial charge < -0.3 is 15.3 Å². The number of benzene rings is 1. The molecule has 1 aliphatic rings. The van der Waals surface area contributed by atoms with Crippen LogP contribution in [0.3, 0.4) is 0 Å². The van der Waals surface area contributed by atoms with Crippen LogP contribution in [0.2, 0.25) is 0 Å². The number of aromatic hydroxyl groups is 2. The Morgan fingerprint density at radius 2 is 1.85 bits per heavy atom. The van der Waals surface area contributed by atoms with Crippen molar-refractivity contribution in [3.8, 4) is 11.5 Å². The molecule has 0 bridgehead atoms. The smallest absolute Gasteiger partial charge is 0.171 e. The van der Waals surface area contributed by atoms with Crippen molar-refractivity contribution in [1.82, 2.24) is 0 Å². The summed E-state index contributed by atoms with van der Waals surface area (Å²) in [6.07, 6.45) is 1.42. The van der Waals surface area contributed by atoms with Gasteiger partial charge in [0.05, 0.1) is 10.1 Å². The number of phenols is 2. The zero-order chi connectivity index (χ0) is 9.64. The van der Waals surface area contributed by atoms with Gasteiger partial charge in [-0.3, -0.25) is 0 Å². The number of hydrogen-bond donors (Lipinski definition) is 3. The highest BCUT2D eigenvalue weighted by molar-refractivity contribution is 9.10. The zero-order valence-corrected chi connectivity index (χ0v) is 8.37. The summed E-state index contributed by atoms with van der Waals surface area (Å²) >= 11 is 3.10. The van der Waals surface area contributed by atoms with E-state index in [4.69, 9.17) is 0 Å². The summed E-state index contributed by atoms with van der Waals surface area (Å²) < 4.78 is 0.405. The van der Waals surface area contributed by atoms with Crippen LogP contribution in [0.15, 0.2) is 16.6 Å². The summed E-state index contributed by atoms with van der Waals surface area (Å²) in [5.41, 5.74) is -0.136. The molecule has 1 aliphatic carbocycles. The maximum absolute atomic E-state index is 9.73. The molecule has 0 radical (unpaired) electrons. The van der Waals surface area contributed by atoms with Gasteiger partial charge in [0, 0.05) is 0 Å². The minimum Gasteiger partial charge on any atom is -0.504 e. The fourth-order valence-corrected chi connectivity index (χ4v) is 1.71. The van der Waals surface area contributed by atoms with Crippen molar-refractivity contribution in [3.05, 3.63) is 22.2 Å². The van der Waals surface area contributed by atoms with Crippen molar-refractivity contribution < 1.29 is 15.3 Å². The van der Waals surface area contributed by atoms with Crippen molar-refractivity contribution in [2.75, 3.05) is 0 Å². The van der Waals surface area contributed by atoms with Crippen LogP contribution in [-0.2, 0) is 5.60 Å². The van der Waals surface area contributed by atoms with Crippen LogP contribution in [0, 0.1) is 0 Å². The topological polar surface area (TPSA) is 60.7 Å². The average Bonchev–Trinajstić information content (AvgIpc) is 2.80. The molecule has 2 rings (SSSR count). The molecule has 0 atom stereocenters. The molecule has 0 aliphatic heterocycles. The molecule has 3 nitrogen and oxygen atoms in total. The van der Waals surface area contributed by atoms with Crippen LogP contribution in [0.5, 0.6) is 11.5 Å². The van der Waals surface area contributed by atoms with E-state index in [1.807, 2.05) is 0 Å². The van der Waals surface area contributed by atoms with Crippen LogP contribution >= 0.6 is 15.9 Å². The summed E-state index contributed by atoms with van der Waals surface area (Å²) in [5, 5.41) is 28.2. The van der Waals surface area contributed by atoms with Crippen molar-refractivity contribution >= 4 is 15.9 Å². The summed E-state index contributed by atoms with van der Waals surface area (Å²) in [6.45, 7) is 0. The molecule has 13 heavy (non-hydrogen) atoms. The minimum absolute atomic E-state index is 0.187. The molecule has 4 heteroatoms. The maximum atomic E-state index is 9.73. The van der Waals surface area contributed by atoms with E-state index in [9.17, 15) is 15.3 Å². The van der Waals surface area contributed by atoms with Gasteiger partial charge in [0.25, 0.3) is 0 Å². The summed E-state index contributed by atoms with van der Waals surface area (Å²) in [5.74, 6) is -0.391. The third-order valence-corrected chi connectivity index (χ3v) is 2.91. The number of halogens is 1. The zero-order valence-electron chi connectivity index (χ0n) is 6.79. The second-order valence-electron chi connectivity index (χ2n) is 3.36. The van der Waals surface area contributed by atoms with E-state index in [0.717, 1.165) is 0 Å². The lowest BCUT2D eigenvalue weighted by Crippen LogP contribution is -2.03. The van der Waals surface area contributed by atoms with Gasteiger partial charge >= 0.3 is 0 Å². The Balaban J connectivity index is 2.50. The lowest BCUT2D eigenvalue weighted by molar-refractivity contribution is 0.151. The molecule has 1 saturated carbocycles. The predicted octanol–water partition coefficient (Wildman–Crippen LogP) is 1.84. The summed E-state index contributed by atoms with van der Waals surface area (Å²) in [7, 11) is 0. The standard InChI is InChI=1S/C9H9BrO3/c10-6-3-5(9(13)1-2-9)4-7(11)8(6)12/h3-4,11-13H,1-2H2. The first-order valence-electron chi connectivity index (χ1n) is 3.97. The number of phenolic OH excluding ortho intramolecular Hbond substituents is 2. The molecule has 0 unspecified atom stereocenters. The number of rotatable bonds is 1. The van der Waals surface area contributed by atoms with Crippen LogP contribution in [-0.4, -0.2) is 15.3 Å². The Morgan fingerprint density at radius 3 is 2.31 bits per heavy atom. The second kappa shape index (κ2) is 2.62. The van der Waals surface area contributed by atoms with Crippen LogP contribution in [0.25, 0.3) is 0 Å². The quantitative estimate of drug-likeness (QED) is 0.661. The van der Waals surface area contributed by atoms with E-state index >= 15 is 0 Å². The third-order valence-electron chi connectivity index (χ3n) is 2.30. The van der Waals surface area contributed by atoms with Crippen molar-refractivity contribution in [2.24, 2.45) is 0 Å². The third kappa shape index (κ3) is 1.40. The molecular weight excluding hydrogens is 236 g/mol. The lowest BCUT2D eigenvalue weighted by atomic mass is 10.1. The van der Waals surface area contributed by atoms with Crippen LogP contribution < -0.4 is 0 Å². The monoisotopic (exact) mass is 244 g/mol. The number of aliphatic hydroxyl groups is 1.